The molecule has 1 aliphatic heterocycles. The van der Waals surface area contributed by atoms with Gasteiger partial charge in [0.15, 0.2) is 0 Å². The van der Waals surface area contributed by atoms with Gasteiger partial charge < -0.3 is 10.4 Å². The summed E-state index contributed by atoms with van der Waals surface area (Å²) in [4.78, 5) is 2.47. The number of rotatable bonds is 4. The van der Waals surface area contributed by atoms with Crippen molar-refractivity contribution in [2.24, 2.45) is 0 Å². The SMILES string of the molecule is OC1CCCCC1N1CCC(NCc2ccc(F)cc2Cl)CC1. The number of halogens is 2. The van der Waals surface area contributed by atoms with Gasteiger partial charge in [-0.25, -0.2) is 4.39 Å². The van der Waals surface area contributed by atoms with E-state index in [9.17, 15) is 9.50 Å². The minimum atomic E-state index is -0.293. The maximum Gasteiger partial charge on any atom is 0.124 e. The normalized spacial score (nSPS) is 27.3. The van der Waals surface area contributed by atoms with Crippen molar-refractivity contribution in [1.82, 2.24) is 10.2 Å². The van der Waals surface area contributed by atoms with Crippen LogP contribution in [0.2, 0.25) is 5.02 Å². The van der Waals surface area contributed by atoms with E-state index in [1.54, 1.807) is 6.07 Å². The lowest BCUT2D eigenvalue weighted by molar-refractivity contribution is 0.00714. The Morgan fingerprint density at radius 1 is 1.17 bits per heavy atom. The second-order valence-corrected chi connectivity index (χ2v) is 7.25. The maximum absolute atomic E-state index is 13.1. The molecule has 2 fully saturated rings. The van der Waals surface area contributed by atoms with E-state index >= 15 is 0 Å². The van der Waals surface area contributed by atoms with E-state index in [-0.39, 0.29) is 11.9 Å². The zero-order valence-corrected chi connectivity index (χ0v) is 14.2. The third-order valence-corrected chi connectivity index (χ3v) is 5.64. The molecule has 3 rings (SSSR count). The number of hydrogen-bond acceptors (Lipinski definition) is 3. The zero-order valence-electron chi connectivity index (χ0n) is 13.5. The molecule has 0 bridgehead atoms. The third-order valence-electron chi connectivity index (χ3n) is 5.29. The summed E-state index contributed by atoms with van der Waals surface area (Å²) in [5.74, 6) is -0.293. The smallest absolute Gasteiger partial charge is 0.124 e. The van der Waals surface area contributed by atoms with Crippen LogP contribution in [0.5, 0.6) is 0 Å². The van der Waals surface area contributed by atoms with Gasteiger partial charge in [-0.1, -0.05) is 30.5 Å². The summed E-state index contributed by atoms with van der Waals surface area (Å²) in [5.41, 5.74) is 0.943. The number of nitrogens with one attached hydrogen (secondary N) is 1. The Morgan fingerprint density at radius 2 is 1.91 bits per heavy atom. The minimum absolute atomic E-state index is 0.147. The van der Waals surface area contributed by atoms with Crippen LogP contribution >= 0.6 is 11.6 Å². The number of piperidine rings is 1. The number of aliphatic hydroxyl groups excluding tert-OH is 1. The molecule has 0 aromatic heterocycles. The third kappa shape index (κ3) is 4.44. The largest absolute Gasteiger partial charge is 0.391 e. The van der Waals surface area contributed by atoms with E-state index in [0.29, 0.717) is 23.7 Å². The van der Waals surface area contributed by atoms with Gasteiger partial charge in [-0.3, -0.25) is 4.90 Å². The standard InChI is InChI=1S/C18H26ClFN2O/c19-16-11-14(20)6-5-13(16)12-21-15-7-9-22(10-8-15)17-3-1-2-4-18(17)23/h5-6,11,15,17-18,21,23H,1-4,7-10,12H2. The van der Waals surface area contributed by atoms with Gasteiger partial charge in [0.1, 0.15) is 5.82 Å². The molecular weight excluding hydrogens is 315 g/mol. The molecule has 1 heterocycles. The second-order valence-electron chi connectivity index (χ2n) is 6.85. The molecule has 23 heavy (non-hydrogen) atoms. The van der Waals surface area contributed by atoms with Crippen LogP contribution in [0.3, 0.4) is 0 Å². The molecule has 0 spiro atoms. The van der Waals surface area contributed by atoms with Crippen molar-refractivity contribution in [3.05, 3.63) is 34.6 Å². The van der Waals surface area contributed by atoms with E-state index in [4.69, 9.17) is 11.6 Å². The number of likely N-dealkylation sites (tertiary alicyclic amines) is 1. The summed E-state index contributed by atoms with van der Waals surface area (Å²) >= 11 is 6.07. The summed E-state index contributed by atoms with van der Waals surface area (Å²) in [6.07, 6.45) is 6.50. The Labute approximate surface area is 142 Å². The molecule has 2 aliphatic rings. The number of aliphatic hydroxyl groups is 1. The predicted molar refractivity (Wildman–Crippen MR) is 91.1 cm³/mol. The lowest BCUT2D eigenvalue weighted by atomic mass is 9.89. The van der Waals surface area contributed by atoms with Crippen LogP contribution in [0.25, 0.3) is 0 Å². The quantitative estimate of drug-likeness (QED) is 0.882. The lowest BCUT2D eigenvalue weighted by Crippen LogP contribution is -2.51. The van der Waals surface area contributed by atoms with E-state index in [1.807, 2.05) is 0 Å². The summed E-state index contributed by atoms with van der Waals surface area (Å²) in [6.45, 7) is 2.75. The molecule has 5 heteroatoms. The molecule has 1 saturated heterocycles. The van der Waals surface area contributed by atoms with Crippen LogP contribution in [0.15, 0.2) is 18.2 Å². The van der Waals surface area contributed by atoms with Crippen molar-refractivity contribution in [3.63, 3.8) is 0 Å². The fourth-order valence-corrected chi connectivity index (χ4v) is 4.11. The van der Waals surface area contributed by atoms with Crippen molar-refractivity contribution in [3.8, 4) is 0 Å². The molecule has 2 unspecified atom stereocenters. The predicted octanol–water partition coefficient (Wildman–Crippen LogP) is 3.34. The van der Waals surface area contributed by atoms with Gasteiger partial charge in [0.2, 0.25) is 0 Å². The Morgan fingerprint density at radius 3 is 2.61 bits per heavy atom. The molecule has 0 amide bonds. The van der Waals surface area contributed by atoms with Crippen LogP contribution in [-0.4, -0.2) is 41.3 Å². The monoisotopic (exact) mass is 340 g/mol. The second kappa shape index (κ2) is 7.93. The topological polar surface area (TPSA) is 35.5 Å². The molecular formula is C18H26ClFN2O. The highest BCUT2D eigenvalue weighted by molar-refractivity contribution is 6.31. The Hall–Kier alpha value is -0.680. The molecule has 2 N–H and O–H groups in total. The van der Waals surface area contributed by atoms with E-state index in [0.717, 1.165) is 50.8 Å². The maximum atomic E-state index is 13.1. The number of nitrogens with zero attached hydrogens (tertiary/aromatic N) is 1. The van der Waals surface area contributed by atoms with Gasteiger partial charge >= 0.3 is 0 Å². The highest BCUT2D eigenvalue weighted by Crippen LogP contribution is 2.26. The van der Waals surface area contributed by atoms with Crippen molar-refractivity contribution < 1.29 is 9.50 Å². The summed E-state index contributed by atoms with van der Waals surface area (Å²) < 4.78 is 13.1. The van der Waals surface area contributed by atoms with Gasteiger partial charge in [0.25, 0.3) is 0 Å². The van der Waals surface area contributed by atoms with Crippen LogP contribution < -0.4 is 5.32 Å². The first kappa shape index (κ1) is 17.2. The summed E-state index contributed by atoms with van der Waals surface area (Å²) in [7, 11) is 0. The number of hydrogen-bond donors (Lipinski definition) is 2. The molecule has 1 aromatic carbocycles. The summed E-state index contributed by atoms with van der Waals surface area (Å²) in [5, 5.41) is 14.2. The summed E-state index contributed by atoms with van der Waals surface area (Å²) in [6, 6.07) is 5.39. The van der Waals surface area contributed by atoms with E-state index < -0.39 is 0 Å². The van der Waals surface area contributed by atoms with Gasteiger partial charge in [-0.05, 0) is 43.4 Å². The van der Waals surface area contributed by atoms with Crippen molar-refractivity contribution in [2.75, 3.05) is 13.1 Å². The lowest BCUT2D eigenvalue weighted by Gasteiger charge is -2.41. The van der Waals surface area contributed by atoms with Gasteiger partial charge in [-0.2, -0.15) is 0 Å². The average molecular weight is 341 g/mol. The fourth-order valence-electron chi connectivity index (χ4n) is 3.87. The molecule has 0 radical (unpaired) electrons. The Balaban J connectivity index is 1.45. The highest BCUT2D eigenvalue weighted by atomic mass is 35.5. The average Bonchev–Trinajstić information content (AvgIpc) is 2.55. The van der Waals surface area contributed by atoms with Gasteiger partial charge in [0.05, 0.1) is 6.10 Å². The van der Waals surface area contributed by atoms with Gasteiger partial charge in [-0.15, -0.1) is 0 Å². The highest BCUT2D eigenvalue weighted by Gasteiger charge is 2.31. The first-order chi connectivity index (χ1) is 11.1. The van der Waals surface area contributed by atoms with E-state index in [2.05, 4.69) is 10.2 Å². The van der Waals surface area contributed by atoms with Gasteiger partial charge in [0, 0.05) is 36.7 Å². The van der Waals surface area contributed by atoms with Crippen molar-refractivity contribution >= 4 is 11.6 Å². The first-order valence-corrected chi connectivity index (χ1v) is 9.10. The molecule has 128 valence electrons. The molecule has 2 atom stereocenters. The van der Waals surface area contributed by atoms with Crippen molar-refractivity contribution in [1.29, 1.82) is 0 Å². The fraction of sp³-hybridized carbons (Fsp3) is 0.667. The molecule has 1 aliphatic carbocycles. The Bertz CT molecular complexity index is 520. The van der Waals surface area contributed by atoms with Crippen LogP contribution in [0, 0.1) is 5.82 Å². The molecule has 1 saturated carbocycles. The zero-order chi connectivity index (χ0) is 16.2. The van der Waals surface area contributed by atoms with Crippen LogP contribution in [0.1, 0.15) is 44.1 Å². The minimum Gasteiger partial charge on any atom is -0.391 e. The Kier molecular flexibility index (Phi) is 5.91. The van der Waals surface area contributed by atoms with Crippen molar-refractivity contribution in [2.45, 2.75) is 63.3 Å². The molecule has 1 aromatic rings. The van der Waals surface area contributed by atoms with E-state index in [1.165, 1.54) is 18.6 Å². The number of benzene rings is 1. The first-order valence-electron chi connectivity index (χ1n) is 8.73. The molecule has 3 nitrogen and oxygen atoms in total. The van der Waals surface area contributed by atoms with Crippen LogP contribution in [-0.2, 0) is 6.54 Å². The van der Waals surface area contributed by atoms with Crippen LogP contribution in [0.4, 0.5) is 4.39 Å².